The van der Waals surface area contributed by atoms with Gasteiger partial charge < -0.3 is 16.0 Å². The van der Waals surface area contributed by atoms with Gasteiger partial charge in [-0.05, 0) is 38.3 Å². The smallest absolute Gasteiger partial charge is 0.253 e. The van der Waals surface area contributed by atoms with Crippen LogP contribution in [0.25, 0.3) is 0 Å². The second-order valence-corrected chi connectivity index (χ2v) is 6.02. The van der Waals surface area contributed by atoms with Crippen molar-refractivity contribution in [3.8, 4) is 0 Å². The van der Waals surface area contributed by atoms with Gasteiger partial charge in [0.05, 0.1) is 10.6 Å². The second kappa shape index (κ2) is 5.58. The fraction of sp³-hybridized carbons (Fsp3) is 0.571. The van der Waals surface area contributed by atoms with Crippen LogP contribution in [0.4, 0.5) is 5.82 Å². The van der Waals surface area contributed by atoms with Crippen molar-refractivity contribution in [2.75, 3.05) is 18.8 Å². The largest absolute Gasteiger partial charge is 0.384 e. The number of anilines is 1. The number of nitrogens with one attached hydrogen (secondary N) is 1. The predicted molar refractivity (Wildman–Crippen MR) is 78.7 cm³/mol. The topological polar surface area (TPSA) is 71.2 Å². The van der Waals surface area contributed by atoms with Gasteiger partial charge in [-0.15, -0.1) is 0 Å². The summed E-state index contributed by atoms with van der Waals surface area (Å²) in [7, 11) is 0. The van der Waals surface area contributed by atoms with E-state index in [9.17, 15) is 4.79 Å². The number of rotatable bonds is 2. The predicted octanol–water partition coefficient (Wildman–Crippen LogP) is 1.67. The van der Waals surface area contributed by atoms with Gasteiger partial charge in [0, 0.05) is 24.8 Å². The minimum atomic E-state index is -0.152. The number of carbonyl (C=O) groups excluding carboxylic acids is 1. The van der Waals surface area contributed by atoms with E-state index < -0.39 is 0 Å². The molecule has 2 fully saturated rings. The lowest BCUT2D eigenvalue weighted by Gasteiger charge is -2.35. The Bertz CT molecular complexity index is 522. The Hall–Kier alpha value is -1.33. The molecule has 3 N–H and O–H groups in total. The zero-order valence-electron chi connectivity index (χ0n) is 11.3. The molecule has 0 aliphatic carbocycles. The SMILES string of the molecule is Nc1cc(C(=O)NC2CCN3CCCC3C2)c(Cl)cn1. The third kappa shape index (κ3) is 2.74. The van der Waals surface area contributed by atoms with Gasteiger partial charge in [-0.3, -0.25) is 4.79 Å². The average molecular weight is 295 g/mol. The van der Waals surface area contributed by atoms with Crippen LogP contribution in [0.1, 0.15) is 36.0 Å². The zero-order chi connectivity index (χ0) is 14.1. The maximum Gasteiger partial charge on any atom is 0.253 e. The normalized spacial score (nSPS) is 26.2. The Labute approximate surface area is 123 Å². The third-order valence-electron chi connectivity index (χ3n) is 4.28. The first-order chi connectivity index (χ1) is 9.63. The van der Waals surface area contributed by atoms with Crippen LogP contribution in [0.5, 0.6) is 0 Å². The number of hydrogen-bond donors (Lipinski definition) is 2. The van der Waals surface area contributed by atoms with Gasteiger partial charge in [-0.2, -0.15) is 0 Å². The van der Waals surface area contributed by atoms with Gasteiger partial charge in [0.1, 0.15) is 5.82 Å². The molecule has 2 atom stereocenters. The number of aromatic nitrogens is 1. The monoisotopic (exact) mass is 294 g/mol. The molecule has 6 heteroatoms. The first-order valence-corrected chi connectivity index (χ1v) is 7.47. The summed E-state index contributed by atoms with van der Waals surface area (Å²) in [4.78, 5) is 18.7. The van der Waals surface area contributed by atoms with Crippen molar-refractivity contribution in [2.24, 2.45) is 0 Å². The number of hydrogen-bond acceptors (Lipinski definition) is 4. The van der Waals surface area contributed by atoms with E-state index in [1.54, 1.807) is 0 Å². The van der Waals surface area contributed by atoms with Gasteiger partial charge in [0.15, 0.2) is 0 Å². The molecule has 1 aromatic heterocycles. The Morgan fingerprint density at radius 1 is 1.45 bits per heavy atom. The molecule has 0 saturated carbocycles. The van der Waals surface area contributed by atoms with E-state index in [0.717, 1.165) is 19.4 Å². The molecule has 2 saturated heterocycles. The molecule has 1 aromatic rings. The molecule has 108 valence electrons. The van der Waals surface area contributed by atoms with Crippen LogP contribution in [-0.2, 0) is 0 Å². The van der Waals surface area contributed by atoms with E-state index in [0.29, 0.717) is 22.4 Å². The number of nitrogen functional groups attached to an aromatic ring is 1. The van der Waals surface area contributed by atoms with Crippen molar-refractivity contribution in [1.82, 2.24) is 15.2 Å². The first-order valence-electron chi connectivity index (χ1n) is 7.09. The van der Waals surface area contributed by atoms with Crippen molar-refractivity contribution in [3.63, 3.8) is 0 Å². The van der Waals surface area contributed by atoms with Crippen molar-refractivity contribution in [1.29, 1.82) is 0 Å². The Morgan fingerprint density at radius 2 is 2.30 bits per heavy atom. The van der Waals surface area contributed by atoms with Crippen molar-refractivity contribution in [2.45, 2.75) is 37.8 Å². The van der Waals surface area contributed by atoms with Crippen molar-refractivity contribution < 1.29 is 4.79 Å². The molecule has 1 amide bonds. The highest BCUT2D eigenvalue weighted by Gasteiger charge is 2.32. The highest BCUT2D eigenvalue weighted by molar-refractivity contribution is 6.33. The molecule has 2 unspecified atom stereocenters. The number of fused-ring (bicyclic) bond motifs is 1. The van der Waals surface area contributed by atoms with E-state index in [4.69, 9.17) is 17.3 Å². The number of nitrogens with two attached hydrogens (primary N) is 1. The minimum absolute atomic E-state index is 0.152. The highest BCUT2D eigenvalue weighted by atomic mass is 35.5. The number of carbonyl (C=O) groups is 1. The highest BCUT2D eigenvalue weighted by Crippen LogP contribution is 2.27. The molecule has 3 heterocycles. The average Bonchev–Trinajstić information content (AvgIpc) is 2.89. The second-order valence-electron chi connectivity index (χ2n) is 5.62. The number of pyridine rings is 1. The van der Waals surface area contributed by atoms with Crippen LogP contribution in [0.3, 0.4) is 0 Å². The minimum Gasteiger partial charge on any atom is -0.384 e. The molecule has 0 spiro atoms. The molecule has 0 bridgehead atoms. The molecule has 2 aliphatic rings. The van der Waals surface area contributed by atoms with Gasteiger partial charge in [0.2, 0.25) is 0 Å². The summed E-state index contributed by atoms with van der Waals surface area (Å²) in [5, 5.41) is 3.43. The molecular formula is C14H19ClN4O. The summed E-state index contributed by atoms with van der Waals surface area (Å²) in [5.41, 5.74) is 6.02. The van der Waals surface area contributed by atoms with Gasteiger partial charge in [0.25, 0.3) is 5.91 Å². The Morgan fingerprint density at radius 3 is 3.15 bits per heavy atom. The summed E-state index contributed by atoms with van der Waals surface area (Å²) in [5.74, 6) is 0.158. The van der Waals surface area contributed by atoms with Crippen LogP contribution < -0.4 is 11.1 Å². The Kier molecular flexibility index (Phi) is 3.81. The molecule has 20 heavy (non-hydrogen) atoms. The van der Waals surface area contributed by atoms with E-state index >= 15 is 0 Å². The third-order valence-corrected chi connectivity index (χ3v) is 4.58. The maximum absolute atomic E-state index is 12.3. The maximum atomic E-state index is 12.3. The summed E-state index contributed by atoms with van der Waals surface area (Å²) in [6.07, 6.45) is 5.98. The van der Waals surface area contributed by atoms with Gasteiger partial charge >= 0.3 is 0 Å². The quantitative estimate of drug-likeness (QED) is 0.870. The zero-order valence-corrected chi connectivity index (χ0v) is 12.1. The van der Waals surface area contributed by atoms with E-state index in [1.807, 2.05) is 0 Å². The first kappa shape index (κ1) is 13.6. The molecular weight excluding hydrogens is 276 g/mol. The van der Waals surface area contributed by atoms with Crippen LogP contribution in [-0.4, -0.2) is 41.0 Å². The lowest BCUT2D eigenvalue weighted by molar-refractivity contribution is 0.0896. The lowest BCUT2D eigenvalue weighted by atomic mass is 9.97. The van der Waals surface area contributed by atoms with Crippen LogP contribution in [0, 0.1) is 0 Å². The van der Waals surface area contributed by atoms with Crippen LogP contribution >= 0.6 is 11.6 Å². The van der Waals surface area contributed by atoms with Gasteiger partial charge in [-0.25, -0.2) is 4.98 Å². The number of halogens is 1. The standard InChI is InChI=1S/C14H19ClN4O/c15-12-8-17-13(16)7-11(12)14(20)18-9-3-5-19-4-1-2-10(19)6-9/h7-10H,1-6H2,(H2,16,17)(H,18,20). The van der Waals surface area contributed by atoms with E-state index in [1.165, 1.54) is 31.6 Å². The van der Waals surface area contributed by atoms with E-state index in [-0.39, 0.29) is 11.9 Å². The molecule has 3 rings (SSSR count). The lowest BCUT2D eigenvalue weighted by Crippen LogP contribution is -2.47. The summed E-state index contributed by atoms with van der Waals surface area (Å²) >= 11 is 6.01. The number of nitrogens with zero attached hydrogens (tertiary/aromatic N) is 2. The fourth-order valence-corrected chi connectivity index (χ4v) is 3.44. The van der Waals surface area contributed by atoms with Crippen molar-refractivity contribution in [3.05, 3.63) is 22.8 Å². The molecule has 5 nitrogen and oxygen atoms in total. The van der Waals surface area contributed by atoms with Crippen LogP contribution in [0.15, 0.2) is 12.3 Å². The fourth-order valence-electron chi connectivity index (χ4n) is 3.25. The number of piperidine rings is 1. The molecule has 0 aromatic carbocycles. The molecule has 0 radical (unpaired) electrons. The summed E-state index contributed by atoms with van der Waals surface area (Å²) < 4.78 is 0. The van der Waals surface area contributed by atoms with E-state index in [2.05, 4.69) is 15.2 Å². The Balaban J connectivity index is 1.65. The van der Waals surface area contributed by atoms with Crippen molar-refractivity contribution >= 4 is 23.3 Å². The molecule has 2 aliphatic heterocycles. The number of amides is 1. The summed E-state index contributed by atoms with van der Waals surface area (Å²) in [6, 6.07) is 2.39. The van der Waals surface area contributed by atoms with Gasteiger partial charge in [-0.1, -0.05) is 11.6 Å². The summed E-state index contributed by atoms with van der Waals surface area (Å²) in [6.45, 7) is 2.28. The van der Waals surface area contributed by atoms with Crippen LogP contribution in [0.2, 0.25) is 5.02 Å².